The van der Waals surface area contributed by atoms with Crippen LogP contribution in [0.1, 0.15) is 6.42 Å². The molecule has 0 aliphatic carbocycles. The number of aliphatic hydroxyl groups is 1. The van der Waals surface area contributed by atoms with Crippen LogP contribution in [0.4, 0.5) is 13.2 Å². The van der Waals surface area contributed by atoms with Crippen LogP contribution in [0.5, 0.6) is 0 Å². The van der Waals surface area contributed by atoms with Crippen molar-refractivity contribution in [2.75, 3.05) is 12.4 Å². The zero-order chi connectivity index (χ0) is 10.5. The number of alkyl halides is 3. The van der Waals surface area contributed by atoms with Crippen LogP contribution in [0, 0.1) is 0 Å². The second-order valence-corrected chi connectivity index (χ2v) is 3.53. The predicted octanol–water partition coefficient (Wildman–Crippen LogP) is 1.12. The maximum atomic E-state index is 12.0. The smallest absolute Gasteiger partial charge is 0.401 e. The molecule has 0 heterocycles. The number of thioether (sulfide) groups is 1. The number of hydrogen-bond acceptors (Lipinski definition) is 3. The molecule has 1 unspecified atom stereocenters. The summed E-state index contributed by atoms with van der Waals surface area (Å²) < 4.78 is 36.1. The Morgan fingerprint density at radius 3 is 2.31 bits per heavy atom. The van der Waals surface area contributed by atoms with Gasteiger partial charge in [-0.15, -0.1) is 11.8 Å². The van der Waals surface area contributed by atoms with Gasteiger partial charge in [0.05, 0.1) is 13.0 Å². The molecular formula is C6H9F3O3S. The molecule has 3 nitrogen and oxygen atoms in total. The van der Waals surface area contributed by atoms with Crippen molar-refractivity contribution in [3.05, 3.63) is 0 Å². The van der Waals surface area contributed by atoms with Gasteiger partial charge in [0.25, 0.3) is 0 Å². The highest BCUT2D eigenvalue weighted by Gasteiger charge is 2.41. The molecule has 0 aromatic carbocycles. The molecule has 0 fully saturated rings. The molecule has 0 radical (unpaired) electrons. The Balaban J connectivity index is 4.11. The molecule has 0 aliphatic heterocycles. The van der Waals surface area contributed by atoms with E-state index in [-0.39, 0.29) is 5.75 Å². The third-order valence-corrected chi connectivity index (χ3v) is 2.39. The lowest BCUT2D eigenvalue weighted by molar-refractivity contribution is -0.149. The van der Waals surface area contributed by atoms with Gasteiger partial charge in [-0.05, 0) is 0 Å². The second kappa shape index (κ2) is 5.33. The first-order valence-electron chi connectivity index (χ1n) is 3.39. The Kier molecular flexibility index (Phi) is 5.16. The molecule has 2 N–H and O–H groups in total. The molecule has 0 saturated heterocycles. The van der Waals surface area contributed by atoms with Crippen LogP contribution in [0.15, 0.2) is 0 Å². The van der Waals surface area contributed by atoms with E-state index in [4.69, 9.17) is 10.2 Å². The standard InChI is InChI=1S/C6H9F3O3S/c7-6(8,9)4(3-5(11)12)13-2-1-10/h4,10H,1-3H2,(H,11,12). The van der Waals surface area contributed by atoms with Crippen molar-refractivity contribution in [1.82, 2.24) is 0 Å². The molecule has 78 valence electrons. The number of carboxylic acid groups (broad SMARTS) is 1. The fourth-order valence-corrected chi connectivity index (χ4v) is 1.46. The highest BCUT2D eigenvalue weighted by Crippen LogP contribution is 2.32. The number of aliphatic hydroxyl groups excluding tert-OH is 1. The average molecular weight is 218 g/mol. The molecule has 0 aromatic heterocycles. The molecule has 0 rings (SSSR count). The summed E-state index contributed by atoms with van der Waals surface area (Å²) in [6, 6.07) is 0. The van der Waals surface area contributed by atoms with Crippen molar-refractivity contribution in [3.63, 3.8) is 0 Å². The van der Waals surface area contributed by atoms with E-state index in [1.165, 1.54) is 0 Å². The number of halogens is 3. The van der Waals surface area contributed by atoms with E-state index in [0.29, 0.717) is 11.8 Å². The van der Waals surface area contributed by atoms with Crippen LogP contribution in [0.2, 0.25) is 0 Å². The minimum atomic E-state index is -4.53. The van der Waals surface area contributed by atoms with Crippen molar-refractivity contribution < 1.29 is 28.2 Å². The van der Waals surface area contributed by atoms with Gasteiger partial charge in [0.1, 0.15) is 5.25 Å². The molecule has 0 aromatic rings. The summed E-state index contributed by atoms with van der Waals surface area (Å²) in [4.78, 5) is 10.0. The molecular weight excluding hydrogens is 209 g/mol. The first-order valence-corrected chi connectivity index (χ1v) is 4.43. The summed E-state index contributed by atoms with van der Waals surface area (Å²) in [6.45, 7) is -0.392. The highest BCUT2D eigenvalue weighted by molar-refractivity contribution is 8.00. The number of carboxylic acids is 1. The van der Waals surface area contributed by atoms with Crippen LogP contribution in [-0.2, 0) is 4.79 Å². The maximum absolute atomic E-state index is 12.0. The lowest BCUT2D eigenvalue weighted by Crippen LogP contribution is -2.29. The van der Waals surface area contributed by atoms with Crippen LogP contribution in [0.25, 0.3) is 0 Å². The molecule has 0 amide bonds. The zero-order valence-electron chi connectivity index (χ0n) is 6.54. The van der Waals surface area contributed by atoms with E-state index in [1.807, 2.05) is 0 Å². The first-order chi connectivity index (χ1) is 5.88. The predicted molar refractivity (Wildman–Crippen MR) is 41.6 cm³/mol. The van der Waals surface area contributed by atoms with E-state index >= 15 is 0 Å². The molecule has 0 saturated carbocycles. The Morgan fingerprint density at radius 2 is 2.00 bits per heavy atom. The molecule has 7 heteroatoms. The van der Waals surface area contributed by atoms with Crippen molar-refractivity contribution in [2.24, 2.45) is 0 Å². The lowest BCUT2D eigenvalue weighted by atomic mass is 10.3. The monoisotopic (exact) mass is 218 g/mol. The van der Waals surface area contributed by atoms with E-state index < -0.39 is 30.4 Å². The average Bonchev–Trinajstić information content (AvgIpc) is 1.95. The number of aliphatic carboxylic acids is 1. The number of hydrogen-bond donors (Lipinski definition) is 2. The van der Waals surface area contributed by atoms with Gasteiger partial charge in [-0.1, -0.05) is 0 Å². The Hall–Kier alpha value is -0.430. The molecule has 1 atom stereocenters. The number of rotatable bonds is 5. The topological polar surface area (TPSA) is 57.5 Å². The molecule has 0 bridgehead atoms. The van der Waals surface area contributed by atoms with Gasteiger partial charge in [-0.3, -0.25) is 4.79 Å². The van der Waals surface area contributed by atoms with Crippen molar-refractivity contribution in [2.45, 2.75) is 17.8 Å². The summed E-state index contributed by atoms with van der Waals surface area (Å²) in [5, 5.41) is 14.5. The van der Waals surface area contributed by atoms with Crippen LogP contribution in [0.3, 0.4) is 0 Å². The fraction of sp³-hybridized carbons (Fsp3) is 0.833. The summed E-state index contributed by atoms with van der Waals surface area (Å²) in [5.74, 6) is -1.61. The van der Waals surface area contributed by atoms with Gasteiger partial charge in [-0.25, -0.2) is 0 Å². The van der Waals surface area contributed by atoms with E-state index in [2.05, 4.69) is 0 Å². The Bertz CT molecular complexity index is 171. The molecule has 0 spiro atoms. The zero-order valence-corrected chi connectivity index (χ0v) is 7.36. The minimum Gasteiger partial charge on any atom is -0.481 e. The molecule has 13 heavy (non-hydrogen) atoms. The summed E-state index contributed by atoms with van der Waals surface area (Å²) in [5.41, 5.74) is 0. The van der Waals surface area contributed by atoms with Gasteiger partial charge in [-0.2, -0.15) is 13.2 Å². The fourth-order valence-electron chi connectivity index (χ4n) is 0.623. The van der Waals surface area contributed by atoms with Gasteiger partial charge >= 0.3 is 12.1 Å². The Morgan fingerprint density at radius 1 is 1.46 bits per heavy atom. The van der Waals surface area contributed by atoms with E-state index in [1.54, 1.807) is 0 Å². The number of carbonyl (C=O) groups is 1. The largest absolute Gasteiger partial charge is 0.481 e. The van der Waals surface area contributed by atoms with Gasteiger partial charge in [0, 0.05) is 5.75 Å². The van der Waals surface area contributed by atoms with E-state index in [0.717, 1.165) is 0 Å². The second-order valence-electron chi connectivity index (χ2n) is 2.22. The van der Waals surface area contributed by atoms with Gasteiger partial charge in [0.15, 0.2) is 0 Å². The van der Waals surface area contributed by atoms with Crippen molar-refractivity contribution >= 4 is 17.7 Å². The van der Waals surface area contributed by atoms with Crippen LogP contribution < -0.4 is 0 Å². The third kappa shape index (κ3) is 5.75. The maximum Gasteiger partial charge on any atom is 0.401 e. The van der Waals surface area contributed by atoms with Gasteiger partial charge < -0.3 is 10.2 Å². The van der Waals surface area contributed by atoms with Crippen LogP contribution in [-0.4, -0.2) is 40.0 Å². The summed E-state index contributed by atoms with van der Waals surface area (Å²) >= 11 is 0.401. The third-order valence-electron chi connectivity index (χ3n) is 1.14. The van der Waals surface area contributed by atoms with E-state index in [9.17, 15) is 18.0 Å². The van der Waals surface area contributed by atoms with Crippen molar-refractivity contribution in [3.8, 4) is 0 Å². The minimum absolute atomic E-state index is 0.114. The summed E-state index contributed by atoms with van der Waals surface area (Å²) in [7, 11) is 0. The Labute approximate surface area is 76.9 Å². The normalized spacial score (nSPS) is 14.2. The van der Waals surface area contributed by atoms with Gasteiger partial charge in [0.2, 0.25) is 0 Å². The van der Waals surface area contributed by atoms with Crippen molar-refractivity contribution in [1.29, 1.82) is 0 Å². The quantitative estimate of drug-likeness (QED) is 0.726. The SMILES string of the molecule is O=C(O)CC(SCCO)C(F)(F)F. The lowest BCUT2D eigenvalue weighted by Gasteiger charge is -2.17. The molecule has 0 aliphatic rings. The first kappa shape index (κ1) is 12.6. The van der Waals surface area contributed by atoms with Crippen LogP contribution >= 0.6 is 11.8 Å². The summed E-state index contributed by atoms with van der Waals surface area (Å²) in [6.07, 6.45) is -5.49. The highest BCUT2D eigenvalue weighted by atomic mass is 32.2.